The third-order valence-electron chi connectivity index (χ3n) is 1.91. The van der Waals surface area contributed by atoms with E-state index in [1.165, 1.54) is 0 Å². The predicted octanol–water partition coefficient (Wildman–Crippen LogP) is 1.82. The second-order valence-electron chi connectivity index (χ2n) is 2.88. The molecule has 0 unspecified atom stereocenters. The van der Waals surface area contributed by atoms with Crippen molar-refractivity contribution in [1.82, 2.24) is 4.98 Å². The molecule has 0 aliphatic rings. The Kier molecular flexibility index (Phi) is 3.32. The van der Waals surface area contributed by atoms with Crippen LogP contribution < -0.4 is 5.56 Å². The van der Waals surface area contributed by atoms with Gasteiger partial charge < -0.3 is 10.1 Å². The van der Waals surface area contributed by atoms with Crippen molar-refractivity contribution >= 4 is 0 Å². The quantitative estimate of drug-likeness (QED) is 0.778. The number of rotatable bonds is 2. The molecule has 3 nitrogen and oxygen atoms in total. The molecule has 1 heterocycles. The third-order valence-corrected chi connectivity index (χ3v) is 1.91. The lowest BCUT2D eigenvalue weighted by Crippen LogP contribution is -2.25. The molecule has 0 saturated carbocycles. The molecular formula is C8H6F5NO2. The average Bonchev–Trinajstić information content (AvgIpc) is 2.14. The summed E-state index contributed by atoms with van der Waals surface area (Å²) in [6.07, 6.45) is -7.83. The van der Waals surface area contributed by atoms with Crippen molar-refractivity contribution in [2.45, 2.75) is 19.2 Å². The first kappa shape index (κ1) is 12.6. The van der Waals surface area contributed by atoms with Crippen molar-refractivity contribution < 1.29 is 27.1 Å². The van der Waals surface area contributed by atoms with Gasteiger partial charge in [0.15, 0.2) is 0 Å². The first-order chi connectivity index (χ1) is 7.29. The Balaban J connectivity index is 3.58. The molecule has 0 fully saturated rings. The van der Waals surface area contributed by atoms with Crippen molar-refractivity contribution in [3.63, 3.8) is 0 Å². The molecule has 1 rings (SSSR count). The van der Waals surface area contributed by atoms with Gasteiger partial charge in [-0.25, -0.2) is 8.78 Å². The minimum atomic E-state index is -5.09. The van der Waals surface area contributed by atoms with Gasteiger partial charge in [-0.05, 0) is 0 Å². The van der Waals surface area contributed by atoms with E-state index in [4.69, 9.17) is 5.11 Å². The van der Waals surface area contributed by atoms with Crippen LogP contribution in [0.15, 0.2) is 11.0 Å². The van der Waals surface area contributed by atoms with Crippen LogP contribution in [0.25, 0.3) is 0 Å². The lowest BCUT2D eigenvalue weighted by atomic mass is 10.0. The van der Waals surface area contributed by atoms with Crippen molar-refractivity contribution in [1.29, 1.82) is 0 Å². The summed E-state index contributed by atoms with van der Waals surface area (Å²) in [6.45, 7) is -1.28. The molecule has 0 radical (unpaired) electrons. The molecule has 0 bridgehead atoms. The second-order valence-corrected chi connectivity index (χ2v) is 2.88. The number of hydrogen-bond donors (Lipinski definition) is 2. The summed E-state index contributed by atoms with van der Waals surface area (Å²) in [5.41, 5.74) is -5.46. The first-order valence-electron chi connectivity index (χ1n) is 3.99. The Morgan fingerprint density at radius 3 is 2.31 bits per heavy atom. The number of aromatic amines is 1. The molecule has 0 aromatic carbocycles. The van der Waals surface area contributed by atoms with Gasteiger partial charge in [-0.15, -0.1) is 0 Å². The first-order valence-corrected chi connectivity index (χ1v) is 3.99. The van der Waals surface area contributed by atoms with Crippen LogP contribution in [0.1, 0.15) is 23.1 Å². The molecule has 8 heteroatoms. The summed E-state index contributed by atoms with van der Waals surface area (Å²) < 4.78 is 61.7. The number of aliphatic hydroxyl groups is 1. The van der Waals surface area contributed by atoms with E-state index in [0.29, 0.717) is 6.20 Å². The molecule has 0 amide bonds. The van der Waals surface area contributed by atoms with E-state index in [-0.39, 0.29) is 0 Å². The lowest BCUT2D eigenvalue weighted by Gasteiger charge is -2.13. The van der Waals surface area contributed by atoms with Crippen LogP contribution in [-0.4, -0.2) is 10.1 Å². The van der Waals surface area contributed by atoms with Crippen LogP contribution in [0, 0.1) is 0 Å². The summed E-state index contributed by atoms with van der Waals surface area (Å²) in [4.78, 5) is 12.5. The van der Waals surface area contributed by atoms with E-state index in [1.54, 1.807) is 4.98 Å². The molecule has 1 aromatic heterocycles. The van der Waals surface area contributed by atoms with Gasteiger partial charge in [0, 0.05) is 17.3 Å². The minimum Gasteiger partial charge on any atom is -0.392 e. The van der Waals surface area contributed by atoms with Crippen LogP contribution >= 0.6 is 0 Å². The zero-order valence-corrected chi connectivity index (χ0v) is 7.61. The fourth-order valence-corrected chi connectivity index (χ4v) is 1.25. The standard InChI is InChI=1S/C8H6F5NO2/c9-6(10)3-1-14-7(16)5(4(3)2-15)8(11,12)13/h1,6,15H,2H2,(H,14,16). The zero-order chi connectivity index (χ0) is 12.5. The van der Waals surface area contributed by atoms with E-state index in [9.17, 15) is 26.7 Å². The number of aliphatic hydroxyl groups excluding tert-OH is 1. The minimum absolute atomic E-state index is 0.466. The normalized spacial score (nSPS) is 12.2. The van der Waals surface area contributed by atoms with Crippen LogP contribution in [0.5, 0.6) is 0 Å². The number of aromatic nitrogens is 1. The van der Waals surface area contributed by atoms with Gasteiger partial charge in [-0.1, -0.05) is 0 Å². The number of nitrogens with one attached hydrogen (secondary N) is 1. The lowest BCUT2D eigenvalue weighted by molar-refractivity contribution is -0.140. The molecule has 0 aliphatic heterocycles. The van der Waals surface area contributed by atoms with E-state index < -0.39 is 41.5 Å². The van der Waals surface area contributed by atoms with Crippen molar-refractivity contribution in [2.75, 3.05) is 0 Å². The fraction of sp³-hybridized carbons (Fsp3) is 0.375. The number of H-pyrrole nitrogens is 1. The van der Waals surface area contributed by atoms with Crippen LogP contribution in [-0.2, 0) is 12.8 Å². The SMILES string of the molecule is O=c1[nH]cc(C(F)F)c(CO)c1C(F)(F)F. The van der Waals surface area contributed by atoms with E-state index in [0.717, 1.165) is 0 Å². The Hall–Kier alpha value is -1.44. The van der Waals surface area contributed by atoms with Crippen molar-refractivity contribution in [3.05, 3.63) is 33.2 Å². The number of pyridine rings is 1. The van der Waals surface area contributed by atoms with Gasteiger partial charge in [0.25, 0.3) is 12.0 Å². The topological polar surface area (TPSA) is 53.1 Å². The maximum Gasteiger partial charge on any atom is 0.422 e. The molecule has 90 valence electrons. The molecule has 1 aromatic rings. The van der Waals surface area contributed by atoms with Gasteiger partial charge in [-0.2, -0.15) is 13.2 Å². The monoisotopic (exact) mass is 243 g/mol. The van der Waals surface area contributed by atoms with E-state index >= 15 is 0 Å². The van der Waals surface area contributed by atoms with Gasteiger partial charge in [-0.3, -0.25) is 4.79 Å². The highest BCUT2D eigenvalue weighted by Crippen LogP contribution is 2.33. The van der Waals surface area contributed by atoms with E-state index in [2.05, 4.69) is 0 Å². The summed E-state index contributed by atoms with van der Waals surface area (Å²) in [5, 5.41) is 8.65. The maximum absolute atomic E-state index is 12.4. The van der Waals surface area contributed by atoms with Crippen LogP contribution in [0.2, 0.25) is 0 Å². The smallest absolute Gasteiger partial charge is 0.392 e. The van der Waals surface area contributed by atoms with Crippen molar-refractivity contribution in [2.24, 2.45) is 0 Å². The number of halogens is 5. The Morgan fingerprint density at radius 2 is 1.94 bits per heavy atom. The Labute approximate surface area is 85.5 Å². The molecule has 0 aliphatic carbocycles. The molecule has 16 heavy (non-hydrogen) atoms. The van der Waals surface area contributed by atoms with Gasteiger partial charge in [0.1, 0.15) is 5.56 Å². The maximum atomic E-state index is 12.4. The molecular weight excluding hydrogens is 237 g/mol. The van der Waals surface area contributed by atoms with Crippen LogP contribution in [0.3, 0.4) is 0 Å². The largest absolute Gasteiger partial charge is 0.422 e. The third kappa shape index (κ3) is 2.21. The highest BCUT2D eigenvalue weighted by atomic mass is 19.4. The molecule has 2 N–H and O–H groups in total. The summed E-state index contributed by atoms with van der Waals surface area (Å²) in [7, 11) is 0. The average molecular weight is 243 g/mol. The number of hydrogen-bond acceptors (Lipinski definition) is 2. The fourth-order valence-electron chi connectivity index (χ4n) is 1.25. The predicted molar refractivity (Wildman–Crippen MR) is 42.9 cm³/mol. The van der Waals surface area contributed by atoms with E-state index in [1.807, 2.05) is 0 Å². The van der Waals surface area contributed by atoms with Gasteiger partial charge in [0.05, 0.1) is 6.61 Å². The highest BCUT2D eigenvalue weighted by molar-refractivity contribution is 5.34. The summed E-state index contributed by atoms with van der Waals surface area (Å²) in [6, 6.07) is 0. The Bertz CT molecular complexity index is 437. The zero-order valence-electron chi connectivity index (χ0n) is 7.61. The van der Waals surface area contributed by atoms with Crippen LogP contribution in [0.4, 0.5) is 22.0 Å². The number of alkyl halides is 5. The molecule has 0 atom stereocenters. The van der Waals surface area contributed by atoms with Crippen molar-refractivity contribution in [3.8, 4) is 0 Å². The summed E-state index contributed by atoms with van der Waals surface area (Å²) in [5.74, 6) is 0. The Morgan fingerprint density at radius 1 is 1.38 bits per heavy atom. The highest BCUT2D eigenvalue weighted by Gasteiger charge is 2.38. The van der Waals surface area contributed by atoms with Gasteiger partial charge >= 0.3 is 6.18 Å². The molecule has 0 saturated heterocycles. The second kappa shape index (κ2) is 4.20. The summed E-state index contributed by atoms with van der Waals surface area (Å²) >= 11 is 0. The van der Waals surface area contributed by atoms with Gasteiger partial charge in [0.2, 0.25) is 0 Å². The molecule has 0 spiro atoms.